The summed E-state index contributed by atoms with van der Waals surface area (Å²) in [7, 11) is 1.83. The van der Waals surface area contributed by atoms with Crippen LogP contribution in [0.25, 0.3) is 0 Å². The van der Waals surface area contributed by atoms with E-state index in [-0.39, 0.29) is 11.9 Å². The number of hydrogen-bond acceptors (Lipinski definition) is 4. The van der Waals surface area contributed by atoms with Gasteiger partial charge in [-0.25, -0.2) is 4.79 Å². The van der Waals surface area contributed by atoms with E-state index in [2.05, 4.69) is 10.6 Å². The third-order valence-corrected chi connectivity index (χ3v) is 2.33. The molecule has 0 aliphatic carbocycles. The zero-order chi connectivity index (χ0) is 12.6. The molecule has 0 heterocycles. The first-order chi connectivity index (χ1) is 7.52. The number of rotatable bonds is 6. The zero-order valence-corrected chi connectivity index (χ0v) is 10.2. The quantitative estimate of drug-likeness (QED) is 0.574. The maximum Gasteiger partial charge on any atom is 0.321 e. The lowest BCUT2D eigenvalue weighted by atomic mass is 10.2. The highest BCUT2D eigenvalue weighted by Crippen LogP contribution is 1.96. The van der Waals surface area contributed by atoms with Crippen LogP contribution in [-0.2, 0) is 4.79 Å². The fraction of sp³-hybridized carbons (Fsp3) is 0.800. The van der Waals surface area contributed by atoms with Gasteiger partial charge in [0, 0.05) is 6.54 Å². The van der Waals surface area contributed by atoms with E-state index in [1.807, 2.05) is 11.9 Å². The standard InChI is InChI=1S/C10H22N4O2/c1-4-12-10(16)13-9(15)8(2)14(3)7-5-6-11/h8H,4-7,11H2,1-3H3,(H2,12,13,15,16). The molecule has 94 valence electrons. The Morgan fingerprint density at radius 2 is 2.06 bits per heavy atom. The third kappa shape index (κ3) is 5.67. The predicted octanol–water partition coefficient (Wildman–Crippen LogP) is -0.499. The monoisotopic (exact) mass is 230 g/mol. The Bertz CT molecular complexity index is 233. The van der Waals surface area contributed by atoms with Gasteiger partial charge in [-0.3, -0.25) is 15.0 Å². The molecule has 6 heteroatoms. The van der Waals surface area contributed by atoms with Crippen LogP contribution in [-0.4, -0.2) is 49.6 Å². The summed E-state index contributed by atoms with van der Waals surface area (Å²) in [5.41, 5.74) is 5.38. The van der Waals surface area contributed by atoms with E-state index >= 15 is 0 Å². The van der Waals surface area contributed by atoms with Gasteiger partial charge in [-0.15, -0.1) is 0 Å². The van der Waals surface area contributed by atoms with Crippen LogP contribution < -0.4 is 16.4 Å². The highest BCUT2D eigenvalue weighted by atomic mass is 16.2. The van der Waals surface area contributed by atoms with E-state index in [4.69, 9.17) is 5.73 Å². The van der Waals surface area contributed by atoms with Crippen LogP contribution >= 0.6 is 0 Å². The smallest absolute Gasteiger partial charge is 0.321 e. The first-order valence-electron chi connectivity index (χ1n) is 5.51. The molecule has 0 aromatic heterocycles. The Labute approximate surface area is 96.5 Å². The van der Waals surface area contributed by atoms with Crippen molar-refractivity contribution in [1.29, 1.82) is 0 Å². The molecule has 3 amide bonds. The number of carbonyl (C=O) groups excluding carboxylic acids is 2. The van der Waals surface area contributed by atoms with Crippen molar-refractivity contribution in [3.63, 3.8) is 0 Å². The van der Waals surface area contributed by atoms with E-state index in [1.54, 1.807) is 13.8 Å². The van der Waals surface area contributed by atoms with Gasteiger partial charge in [0.25, 0.3) is 0 Å². The molecule has 0 rings (SSSR count). The Morgan fingerprint density at radius 3 is 2.56 bits per heavy atom. The number of hydrogen-bond donors (Lipinski definition) is 3. The van der Waals surface area contributed by atoms with Crippen molar-refractivity contribution in [1.82, 2.24) is 15.5 Å². The van der Waals surface area contributed by atoms with Crippen molar-refractivity contribution >= 4 is 11.9 Å². The lowest BCUT2D eigenvalue weighted by Crippen LogP contribution is -2.48. The van der Waals surface area contributed by atoms with Crippen molar-refractivity contribution < 1.29 is 9.59 Å². The third-order valence-electron chi connectivity index (χ3n) is 2.33. The van der Waals surface area contributed by atoms with Crippen molar-refractivity contribution in [2.45, 2.75) is 26.3 Å². The summed E-state index contributed by atoms with van der Waals surface area (Å²) in [5.74, 6) is -0.300. The molecule has 0 aromatic rings. The minimum absolute atomic E-state index is 0.300. The van der Waals surface area contributed by atoms with Gasteiger partial charge >= 0.3 is 6.03 Å². The van der Waals surface area contributed by atoms with Gasteiger partial charge in [-0.1, -0.05) is 0 Å². The van der Waals surface area contributed by atoms with E-state index in [1.165, 1.54) is 0 Å². The number of amides is 3. The van der Waals surface area contributed by atoms with Crippen LogP contribution in [0.2, 0.25) is 0 Å². The topological polar surface area (TPSA) is 87.5 Å². The number of imide groups is 1. The average molecular weight is 230 g/mol. The van der Waals surface area contributed by atoms with Crippen molar-refractivity contribution in [3.05, 3.63) is 0 Å². The molecule has 0 bridgehead atoms. The number of carbonyl (C=O) groups is 2. The molecule has 0 saturated carbocycles. The second-order valence-corrected chi connectivity index (χ2v) is 3.65. The van der Waals surface area contributed by atoms with Crippen LogP contribution in [0, 0.1) is 0 Å². The maximum absolute atomic E-state index is 11.6. The second kappa shape index (κ2) is 8.06. The van der Waals surface area contributed by atoms with E-state index < -0.39 is 6.03 Å². The number of likely N-dealkylation sites (N-methyl/N-ethyl adjacent to an activating group) is 1. The van der Waals surface area contributed by atoms with Crippen LogP contribution in [0.5, 0.6) is 0 Å². The van der Waals surface area contributed by atoms with Crippen LogP contribution in [0.3, 0.4) is 0 Å². The summed E-state index contributed by atoms with van der Waals surface area (Å²) in [5, 5.41) is 4.78. The molecule has 0 aliphatic heterocycles. The number of nitrogens with one attached hydrogen (secondary N) is 2. The van der Waals surface area contributed by atoms with E-state index in [0.717, 1.165) is 13.0 Å². The summed E-state index contributed by atoms with van der Waals surface area (Å²) in [4.78, 5) is 24.6. The predicted molar refractivity (Wildman–Crippen MR) is 63.0 cm³/mol. The van der Waals surface area contributed by atoms with E-state index in [0.29, 0.717) is 13.1 Å². The molecule has 0 fully saturated rings. The lowest BCUT2D eigenvalue weighted by Gasteiger charge is -2.23. The van der Waals surface area contributed by atoms with Gasteiger partial charge in [0.2, 0.25) is 5.91 Å². The summed E-state index contributed by atoms with van der Waals surface area (Å²) < 4.78 is 0. The molecule has 1 atom stereocenters. The molecule has 0 aromatic carbocycles. The normalized spacial score (nSPS) is 12.3. The summed E-state index contributed by atoms with van der Waals surface area (Å²) >= 11 is 0. The average Bonchev–Trinajstić information content (AvgIpc) is 2.24. The minimum Gasteiger partial charge on any atom is -0.338 e. The van der Waals surface area contributed by atoms with Crippen LogP contribution in [0.4, 0.5) is 4.79 Å². The SMILES string of the molecule is CCNC(=O)NC(=O)C(C)N(C)CCCN. The molecule has 0 aliphatic rings. The fourth-order valence-electron chi connectivity index (χ4n) is 1.16. The number of nitrogens with two attached hydrogens (primary N) is 1. The molecular weight excluding hydrogens is 208 g/mol. The Hall–Kier alpha value is -1.14. The van der Waals surface area contributed by atoms with E-state index in [9.17, 15) is 9.59 Å². The van der Waals surface area contributed by atoms with Gasteiger partial charge in [0.1, 0.15) is 0 Å². The molecule has 16 heavy (non-hydrogen) atoms. The Balaban J connectivity index is 4.01. The molecule has 0 radical (unpaired) electrons. The lowest BCUT2D eigenvalue weighted by molar-refractivity contribution is -0.124. The van der Waals surface area contributed by atoms with Gasteiger partial charge in [0.05, 0.1) is 6.04 Å². The molecule has 6 nitrogen and oxygen atoms in total. The zero-order valence-electron chi connectivity index (χ0n) is 10.2. The molecular formula is C10H22N4O2. The number of urea groups is 1. The summed E-state index contributed by atoms with van der Waals surface area (Å²) in [6.45, 7) is 5.37. The second-order valence-electron chi connectivity index (χ2n) is 3.65. The first-order valence-corrected chi connectivity index (χ1v) is 5.51. The first kappa shape index (κ1) is 14.9. The van der Waals surface area contributed by atoms with Crippen molar-refractivity contribution in [2.75, 3.05) is 26.7 Å². The highest BCUT2D eigenvalue weighted by molar-refractivity contribution is 5.96. The fourth-order valence-corrected chi connectivity index (χ4v) is 1.16. The summed E-state index contributed by atoms with van der Waals surface area (Å²) in [6.07, 6.45) is 0.829. The molecule has 1 unspecified atom stereocenters. The van der Waals surface area contributed by atoms with Gasteiger partial charge in [0.15, 0.2) is 0 Å². The Kier molecular flexibility index (Phi) is 7.49. The van der Waals surface area contributed by atoms with Crippen LogP contribution in [0.1, 0.15) is 20.3 Å². The Morgan fingerprint density at radius 1 is 1.44 bits per heavy atom. The molecule has 0 saturated heterocycles. The maximum atomic E-state index is 11.6. The van der Waals surface area contributed by atoms with Crippen molar-refractivity contribution in [2.24, 2.45) is 5.73 Å². The minimum atomic E-state index is -0.452. The van der Waals surface area contributed by atoms with Gasteiger partial charge < -0.3 is 11.1 Å². The van der Waals surface area contributed by atoms with Gasteiger partial charge in [-0.05, 0) is 40.4 Å². The van der Waals surface area contributed by atoms with Crippen LogP contribution in [0.15, 0.2) is 0 Å². The summed E-state index contributed by atoms with van der Waals surface area (Å²) in [6, 6.07) is -0.791. The van der Waals surface area contributed by atoms with Gasteiger partial charge in [-0.2, -0.15) is 0 Å². The highest BCUT2D eigenvalue weighted by Gasteiger charge is 2.19. The number of nitrogens with zero attached hydrogens (tertiary/aromatic N) is 1. The largest absolute Gasteiger partial charge is 0.338 e. The van der Waals surface area contributed by atoms with Crippen molar-refractivity contribution in [3.8, 4) is 0 Å². The molecule has 0 spiro atoms. The molecule has 4 N–H and O–H groups in total.